The lowest BCUT2D eigenvalue weighted by Gasteiger charge is -2.34. The molecule has 314 valence electrons. The van der Waals surface area contributed by atoms with E-state index < -0.39 is 16.1 Å². The van der Waals surface area contributed by atoms with Crippen molar-refractivity contribution in [3.8, 4) is 67.9 Å². The number of fused-ring (bicyclic) bond motifs is 6. The van der Waals surface area contributed by atoms with E-state index >= 15 is 0 Å². The average molecular weight is 892 g/mol. The van der Waals surface area contributed by atoms with Gasteiger partial charge in [-0.15, -0.1) is 0 Å². The molecule has 3 aliphatic heterocycles. The summed E-state index contributed by atoms with van der Waals surface area (Å²) in [6, 6.07) is 71.8. The third kappa shape index (κ3) is 6.56. The van der Waals surface area contributed by atoms with E-state index in [2.05, 4.69) is 195 Å². The molecule has 0 N–H and O–H groups in total. The van der Waals surface area contributed by atoms with Gasteiger partial charge in [0, 0.05) is 38.0 Å². The SMILES string of the molecule is C[Si]1(C)c2ccccc2Oc2c(-c3ccc(N(c4ccc(-c5cccc6c5Oc5ccccc5O6)cc4)c4ccc(-c5cccc6c5Sc5ccccc5[Si]6(C)C)cc4)cc3)cccc21. The molecular weight excluding hydrogens is 847 g/mol. The Hall–Kier alpha value is -7.04. The van der Waals surface area contributed by atoms with Crippen molar-refractivity contribution in [1.29, 1.82) is 0 Å². The van der Waals surface area contributed by atoms with Crippen LogP contribution >= 0.6 is 11.8 Å². The predicted octanol–water partition coefficient (Wildman–Crippen LogP) is 14.3. The van der Waals surface area contributed by atoms with E-state index in [1.807, 2.05) is 48.2 Å². The summed E-state index contributed by atoms with van der Waals surface area (Å²) < 4.78 is 19.5. The number of benzene rings is 9. The Bertz CT molecular complexity index is 3180. The summed E-state index contributed by atoms with van der Waals surface area (Å²) in [7, 11) is -3.85. The van der Waals surface area contributed by atoms with E-state index in [1.165, 1.54) is 41.7 Å². The van der Waals surface area contributed by atoms with Gasteiger partial charge < -0.3 is 19.1 Å². The van der Waals surface area contributed by atoms with Crippen LogP contribution in [0, 0.1) is 0 Å². The average Bonchev–Trinajstić information content (AvgIpc) is 3.34. The molecule has 12 rings (SSSR count). The fourth-order valence-corrected chi connectivity index (χ4v) is 18.4. The molecule has 4 nitrogen and oxygen atoms in total. The van der Waals surface area contributed by atoms with Gasteiger partial charge in [0.25, 0.3) is 0 Å². The topological polar surface area (TPSA) is 30.9 Å². The minimum absolute atomic E-state index is 0.709. The van der Waals surface area contributed by atoms with Crippen molar-refractivity contribution in [2.24, 2.45) is 0 Å². The molecular formula is C58H45NO3SSi2. The van der Waals surface area contributed by atoms with Crippen molar-refractivity contribution >= 4 is 65.7 Å². The number of rotatable bonds is 6. The van der Waals surface area contributed by atoms with E-state index in [0.29, 0.717) is 11.5 Å². The van der Waals surface area contributed by atoms with E-state index in [4.69, 9.17) is 14.2 Å². The first-order chi connectivity index (χ1) is 31.7. The van der Waals surface area contributed by atoms with E-state index in [1.54, 1.807) is 0 Å². The molecule has 0 atom stereocenters. The van der Waals surface area contributed by atoms with Crippen LogP contribution in [0.25, 0.3) is 33.4 Å². The summed E-state index contributed by atoms with van der Waals surface area (Å²) in [5.41, 5.74) is 9.93. The summed E-state index contributed by atoms with van der Waals surface area (Å²) >= 11 is 1.92. The first-order valence-electron chi connectivity index (χ1n) is 22.2. The van der Waals surface area contributed by atoms with Gasteiger partial charge in [-0.2, -0.15) is 0 Å². The normalized spacial score (nSPS) is 14.4. The number of para-hydroxylation sites is 5. The number of anilines is 3. The number of hydrogen-bond donors (Lipinski definition) is 0. The molecule has 0 bridgehead atoms. The minimum Gasteiger partial charge on any atom is -0.457 e. The van der Waals surface area contributed by atoms with Crippen molar-refractivity contribution in [2.75, 3.05) is 4.90 Å². The summed E-state index contributed by atoms with van der Waals surface area (Å²) in [4.78, 5) is 5.12. The molecule has 7 heteroatoms. The molecule has 0 aromatic heterocycles. The van der Waals surface area contributed by atoms with Crippen LogP contribution < -0.4 is 39.9 Å². The Morgan fingerprint density at radius 1 is 0.338 bits per heavy atom. The van der Waals surface area contributed by atoms with Gasteiger partial charge in [-0.1, -0.05) is 171 Å². The third-order valence-corrected chi connectivity index (χ3v) is 22.1. The zero-order chi connectivity index (χ0) is 43.9. The molecule has 3 aliphatic rings. The second-order valence-electron chi connectivity index (χ2n) is 18.1. The zero-order valence-corrected chi connectivity index (χ0v) is 39.4. The second kappa shape index (κ2) is 15.3. The standard InChI is InChI=1S/C58H45NO3SSi2/c1-64(2)52-22-9-7-19-49(52)62-57-45(15-12-24-54(57)64)39-28-34-42(35-29-39)59(41-32-26-38(27-33-41)44-14-11-20-50-56(44)61-48-18-6-5-17-47(48)60-50)43-36-30-40(31-37-43)46-16-13-25-55-58(46)63-51-21-8-10-23-53(51)65(55,3)4/h5-37H,1-4H3. The predicted molar refractivity (Wildman–Crippen MR) is 275 cm³/mol. The van der Waals surface area contributed by atoms with Crippen LogP contribution in [-0.2, 0) is 0 Å². The number of ether oxygens (including phenoxy) is 3. The Labute approximate surface area is 386 Å². The maximum atomic E-state index is 6.73. The first-order valence-corrected chi connectivity index (χ1v) is 29.0. The van der Waals surface area contributed by atoms with Gasteiger partial charge in [0.2, 0.25) is 0 Å². The van der Waals surface area contributed by atoms with E-state index in [0.717, 1.165) is 62.3 Å². The van der Waals surface area contributed by atoms with Gasteiger partial charge in [0.1, 0.15) is 27.6 Å². The van der Waals surface area contributed by atoms with Gasteiger partial charge in [-0.05, 0) is 110 Å². The van der Waals surface area contributed by atoms with Crippen LogP contribution in [0.5, 0.6) is 34.5 Å². The Balaban J connectivity index is 0.927. The Morgan fingerprint density at radius 3 is 1.42 bits per heavy atom. The maximum absolute atomic E-state index is 6.73. The Morgan fingerprint density at radius 2 is 0.769 bits per heavy atom. The molecule has 0 saturated heterocycles. The van der Waals surface area contributed by atoms with Crippen molar-refractivity contribution in [3.63, 3.8) is 0 Å². The lowest BCUT2D eigenvalue weighted by molar-refractivity contribution is 0.361. The molecule has 9 aromatic carbocycles. The van der Waals surface area contributed by atoms with Crippen molar-refractivity contribution in [2.45, 2.75) is 36.0 Å². The fraction of sp³-hybridized carbons (Fsp3) is 0.0690. The lowest BCUT2D eigenvalue weighted by Crippen LogP contribution is -2.56. The van der Waals surface area contributed by atoms with Gasteiger partial charge in [-0.25, -0.2) is 0 Å². The second-order valence-corrected chi connectivity index (χ2v) is 27.8. The fourth-order valence-electron chi connectivity index (χ4n) is 9.98. The van der Waals surface area contributed by atoms with Gasteiger partial charge in [-0.3, -0.25) is 0 Å². The highest BCUT2D eigenvalue weighted by atomic mass is 32.2. The highest BCUT2D eigenvalue weighted by Gasteiger charge is 2.38. The molecule has 9 aromatic rings. The third-order valence-electron chi connectivity index (χ3n) is 13.5. The van der Waals surface area contributed by atoms with Crippen LogP contribution in [0.3, 0.4) is 0 Å². The van der Waals surface area contributed by atoms with Crippen LogP contribution in [0.2, 0.25) is 26.2 Å². The molecule has 0 amide bonds. The summed E-state index contributed by atoms with van der Waals surface area (Å²) in [5, 5.41) is 5.69. The molecule has 0 spiro atoms. The van der Waals surface area contributed by atoms with Crippen LogP contribution in [0.4, 0.5) is 17.1 Å². The molecule has 0 aliphatic carbocycles. The van der Waals surface area contributed by atoms with Crippen LogP contribution in [0.1, 0.15) is 0 Å². The Kier molecular flexibility index (Phi) is 9.31. The summed E-state index contributed by atoms with van der Waals surface area (Å²) in [6.07, 6.45) is 0. The van der Waals surface area contributed by atoms with Crippen LogP contribution in [0.15, 0.2) is 210 Å². The number of nitrogens with zero attached hydrogens (tertiary/aromatic N) is 1. The molecule has 0 unspecified atom stereocenters. The summed E-state index contributed by atoms with van der Waals surface area (Å²) in [5.74, 6) is 4.82. The van der Waals surface area contributed by atoms with Crippen molar-refractivity contribution in [1.82, 2.24) is 0 Å². The molecule has 0 saturated carbocycles. The summed E-state index contributed by atoms with van der Waals surface area (Å²) in [6.45, 7) is 9.82. The minimum atomic E-state index is -1.97. The van der Waals surface area contributed by atoms with Crippen molar-refractivity contribution < 1.29 is 14.2 Å². The van der Waals surface area contributed by atoms with Crippen molar-refractivity contribution in [3.05, 3.63) is 200 Å². The van der Waals surface area contributed by atoms with Gasteiger partial charge in [0.15, 0.2) is 23.0 Å². The maximum Gasteiger partial charge on any atom is 0.177 e. The van der Waals surface area contributed by atoms with Gasteiger partial charge in [0.05, 0.1) is 0 Å². The lowest BCUT2D eigenvalue weighted by atomic mass is 10.0. The zero-order valence-electron chi connectivity index (χ0n) is 36.6. The number of hydrogen-bond acceptors (Lipinski definition) is 5. The highest BCUT2D eigenvalue weighted by Crippen LogP contribution is 2.50. The molecule has 0 radical (unpaired) electrons. The molecule has 65 heavy (non-hydrogen) atoms. The monoisotopic (exact) mass is 891 g/mol. The molecule has 0 fully saturated rings. The highest BCUT2D eigenvalue weighted by molar-refractivity contribution is 8.00. The van der Waals surface area contributed by atoms with Gasteiger partial charge >= 0.3 is 0 Å². The van der Waals surface area contributed by atoms with Crippen LogP contribution in [-0.4, -0.2) is 16.1 Å². The quantitative estimate of drug-likeness (QED) is 0.155. The first kappa shape index (κ1) is 39.5. The van der Waals surface area contributed by atoms with E-state index in [9.17, 15) is 0 Å². The van der Waals surface area contributed by atoms with E-state index in [-0.39, 0.29) is 0 Å². The largest absolute Gasteiger partial charge is 0.457 e. The smallest absolute Gasteiger partial charge is 0.177 e. The molecule has 3 heterocycles.